The van der Waals surface area contributed by atoms with Crippen molar-refractivity contribution in [1.29, 1.82) is 0 Å². The second-order valence-electron chi connectivity index (χ2n) is 15.4. The van der Waals surface area contributed by atoms with E-state index in [0.29, 0.717) is 0 Å². The van der Waals surface area contributed by atoms with E-state index in [1.54, 1.807) is 0 Å². The SMILES string of the molecule is CC(=O)N[C@@H]1[C@@H](O[C@@H]2O[C@@H](C)[C@@H](O)[C@@H](O)[C@@H]2O)[C@H](O[C@@H]2O[C@H](CO)[C@@H](O[C@@H]3O[C@H](CO[C@H]4O[C@H](CO)[C@@H](O)[C@H](O)[C@@H]4O)[C@@H](O)[C@H](O)[C@@H]3O)[C@H](O)[C@H]2NC(C)=O)[C@@H](CO)O[C@H]1O. The van der Waals surface area contributed by atoms with Gasteiger partial charge in [0.1, 0.15) is 116 Å². The summed E-state index contributed by atoms with van der Waals surface area (Å²) in [5.74, 6) is -1.52. The molecule has 5 aliphatic heterocycles. The molecule has 16 N–H and O–H groups in total. The first kappa shape index (κ1) is 50.0. The molecule has 0 radical (unpaired) electrons. The standard InChI is InChI=1S/C34H58N2O25/c1-8-17(42)21(46)25(50)33(54-8)61-29-16(36-10(3)41)30(52)55-13(6-39)28(29)60-31-15(35-9(2)40)20(45)27(12(5-38)57-31)59-34-26(51)23(48)19(44)14(58-34)7-53-32-24(49)22(47)18(43)11(4-37)56-32/h8,11-34,37-39,42-52H,4-7H2,1-3H3,(H,35,40)(H,36,41)/t8-,11+,12+,13+,14+,15+,16+,17+,18+,19+,20+,21+,22-,23-,24-,25-,26-,27+,28+,29+,30+,31-,32-,33-,34-/m0/s1. The third-order valence-electron chi connectivity index (χ3n) is 11.1. The highest BCUT2D eigenvalue weighted by molar-refractivity contribution is 5.73. The number of aliphatic hydroxyl groups excluding tert-OH is 14. The Hall–Kier alpha value is -1.98. The van der Waals surface area contributed by atoms with Crippen molar-refractivity contribution < 1.29 is 124 Å². The maximum absolute atomic E-state index is 12.5. The lowest BCUT2D eigenvalue weighted by Gasteiger charge is -2.51. The van der Waals surface area contributed by atoms with E-state index >= 15 is 0 Å². The lowest BCUT2D eigenvalue weighted by molar-refractivity contribution is -0.375. The fraction of sp³-hybridized carbons (Fsp3) is 0.941. The summed E-state index contributed by atoms with van der Waals surface area (Å²) in [6.07, 6.45) is -40.2. The van der Waals surface area contributed by atoms with Crippen molar-refractivity contribution in [1.82, 2.24) is 10.6 Å². The third-order valence-corrected chi connectivity index (χ3v) is 11.1. The van der Waals surface area contributed by atoms with Gasteiger partial charge in [0.05, 0.1) is 32.5 Å². The van der Waals surface area contributed by atoms with Gasteiger partial charge in [0, 0.05) is 13.8 Å². The van der Waals surface area contributed by atoms with Crippen LogP contribution in [0.4, 0.5) is 0 Å². The predicted molar refractivity (Wildman–Crippen MR) is 188 cm³/mol. The smallest absolute Gasteiger partial charge is 0.217 e. The maximum atomic E-state index is 12.5. The molecular formula is C34H58N2O25. The number of rotatable bonds is 14. The van der Waals surface area contributed by atoms with E-state index in [-0.39, 0.29) is 0 Å². The van der Waals surface area contributed by atoms with Gasteiger partial charge in [-0.25, -0.2) is 0 Å². The van der Waals surface area contributed by atoms with Crippen molar-refractivity contribution >= 4 is 11.8 Å². The minimum absolute atomic E-state index is 0.732. The Bertz CT molecular complexity index is 1420. The quantitative estimate of drug-likeness (QED) is 0.0770. The van der Waals surface area contributed by atoms with E-state index in [1.807, 2.05) is 0 Å². The van der Waals surface area contributed by atoms with E-state index < -0.39 is 192 Å². The molecule has 0 aromatic carbocycles. The Morgan fingerprint density at radius 3 is 1.48 bits per heavy atom. The van der Waals surface area contributed by atoms with Crippen LogP contribution in [0.2, 0.25) is 0 Å². The van der Waals surface area contributed by atoms with Gasteiger partial charge in [0.2, 0.25) is 11.8 Å². The van der Waals surface area contributed by atoms with Gasteiger partial charge in [-0.05, 0) is 6.92 Å². The van der Waals surface area contributed by atoms with Gasteiger partial charge in [-0.15, -0.1) is 0 Å². The van der Waals surface area contributed by atoms with Crippen molar-refractivity contribution in [3.63, 3.8) is 0 Å². The highest BCUT2D eigenvalue weighted by Gasteiger charge is 2.56. The van der Waals surface area contributed by atoms with Gasteiger partial charge in [0.25, 0.3) is 0 Å². The summed E-state index contributed by atoms with van der Waals surface area (Å²) >= 11 is 0. The zero-order valence-corrected chi connectivity index (χ0v) is 33.0. The number of amides is 2. The molecule has 0 aromatic rings. The van der Waals surface area contributed by atoms with Gasteiger partial charge in [0.15, 0.2) is 31.5 Å². The average molecular weight is 895 g/mol. The molecule has 0 aliphatic carbocycles. The molecule has 25 atom stereocenters. The highest BCUT2D eigenvalue weighted by Crippen LogP contribution is 2.35. The second-order valence-corrected chi connectivity index (χ2v) is 15.4. The fourth-order valence-corrected chi connectivity index (χ4v) is 7.67. The van der Waals surface area contributed by atoms with E-state index in [9.17, 15) is 81.1 Å². The first-order valence-electron chi connectivity index (χ1n) is 19.4. The molecule has 0 aromatic heterocycles. The molecule has 5 aliphatic rings. The van der Waals surface area contributed by atoms with Crippen LogP contribution in [-0.2, 0) is 52.2 Å². The molecular weight excluding hydrogens is 836 g/mol. The summed E-state index contributed by atoms with van der Waals surface area (Å²) in [5.41, 5.74) is 0. The van der Waals surface area contributed by atoms with Crippen LogP contribution in [0.25, 0.3) is 0 Å². The zero-order valence-electron chi connectivity index (χ0n) is 33.0. The average Bonchev–Trinajstić information content (AvgIpc) is 3.22. The van der Waals surface area contributed by atoms with Crippen molar-refractivity contribution in [2.75, 3.05) is 26.4 Å². The minimum atomic E-state index is -2.06. The van der Waals surface area contributed by atoms with Crippen molar-refractivity contribution in [3.05, 3.63) is 0 Å². The van der Waals surface area contributed by atoms with Crippen LogP contribution in [0.5, 0.6) is 0 Å². The first-order valence-corrected chi connectivity index (χ1v) is 19.4. The van der Waals surface area contributed by atoms with E-state index in [1.165, 1.54) is 6.92 Å². The summed E-state index contributed by atoms with van der Waals surface area (Å²) in [6, 6.07) is -3.26. The molecule has 27 nitrogen and oxygen atoms in total. The Labute approximate surface area is 346 Å². The Morgan fingerprint density at radius 2 is 0.902 bits per heavy atom. The van der Waals surface area contributed by atoms with Crippen molar-refractivity contribution in [2.45, 2.75) is 174 Å². The van der Waals surface area contributed by atoms with Crippen LogP contribution in [-0.4, -0.2) is 263 Å². The summed E-state index contributed by atoms with van der Waals surface area (Å²) in [4.78, 5) is 24.8. The molecule has 27 heteroatoms. The minimum Gasteiger partial charge on any atom is -0.394 e. The molecule has 0 spiro atoms. The van der Waals surface area contributed by atoms with Gasteiger partial charge < -0.3 is 125 Å². The second kappa shape index (κ2) is 21.3. The Kier molecular flexibility index (Phi) is 17.5. The maximum Gasteiger partial charge on any atom is 0.217 e. The predicted octanol–water partition coefficient (Wildman–Crippen LogP) is -10.6. The van der Waals surface area contributed by atoms with E-state index in [2.05, 4.69) is 10.6 Å². The number of hydrogen-bond acceptors (Lipinski definition) is 25. The summed E-state index contributed by atoms with van der Waals surface area (Å²) < 4.78 is 51.4. The van der Waals surface area contributed by atoms with Gasteiger partial charge >= 0.3 is 0 Å². The highest BCUT2D eigenvalue weighted by atomic mass is 16.8. The number of nitrogens with one attached hydrogen (secondary N) is 2. The van der Waals surface area contributed by atoms with Crippen molar-refractivity contribution in [3.8, 4) is 0 Å². The number of aliphatic hydroxyl groups is 14. The number of carbonyl (C=O) groups is 2. The molecule has 5 fully saturated rings. The van der Waals surface area contributed by atoms with Crippen LogP contribution in [0.1, 0.15) is 20.8 Å². The Morgan fingerprint density at radius 1 is 0.459 bits per heavy atom. The normalized spacial score (nSPS) is 49.6. The number of ether oxygens (including phenoxy) is 9. The van der Waals surface area contributed by atoms with Crippen LogP contribution in [0.15, 0.2) is 0 Å². The van der Waals surface area contributed by atoms with Crippen LogP contribution >= 0.6 is 0 Å². The van der Waals surface area contributed by atoms with Gasteiger partial charge in [-0.2, -0.15) is 0 Å². The van der Waals surface area contributed by atoms with E-state index in [0.717, 1.165) is 13.8 Å². The molecule has 354 valence electrons. The molecule has 61 heavy (non-hydrogen) atoms. The lowest BCUT2D eigenvalue weighted by Crippen LogP contribution is -2.71. The van der Waals surface area contributed by atoms with E-state index in [4.69, 9.17) is 42.6 Å². The summed E-state index contributed by atoms with van der Waals surface area (Å²) in [5, 5.41) is 152. The Balaban J connectivity index is 1.37. The van der Waals surface area contributed by atoms with Gasteiger partial charge in [-0.1, -0.05) is 0 Å². The van der Waals surface area contributed by atoms with Crippen LogP contribution < -0.4 is 10.6 Å². The van der Waals surface area contributed by atoms with Crippen molar-refractivity contribution in [2.24, 2.45) is 0 Å². The first-order chi connectivity index (χ1) is 28.7. The van der Waals surface area contributed by atoms with Crippen LogP contribution in [0, 0.1) is 0 Å². The molecule has 0 saturated carbocycles. The number of carbonyl (C=O) groups excluding carboxylic acids is 2. The van der Waals surface area contributed by atoms with Gasteiger partial charge in [-0.3, -0.25) is 9.59 Å². The molecule has 5 heterocycles. The largest absolute Gasteiger partial charge is 0.394 e. The lowest BCUT2D eigenvalue weighted by atomic mass is 9.93. The number of hydrogen-bond donors (Lipinski definition) is 16. The molecule has 5 saturated heterocycles. The zero-order chi connectivity index (χ0) is 45.2. The molecule has 0 unspecified atom stereocenters. The third kappa shape index (κ3) is 10.9. The molecule has 0 bridgehead atoms. The summed E-state index contributed by atoms with van der Waals surface area (Å²) in [6.45, 7) is 0.0602. The fourth-order valence-electron chi connectivity index (χ4n) is 7.67. The monoisotopic (exact) mass is 894 g/mol. The molecule has 5 rings (SSSR count). The molecule has 2 amide bonds. The van der Waals surface area contributed by atoms with Crippen LogP contribution in [0.3, 0.4) is 0 Å². The topological polar surface area (TPSA) is 424 Å². The summed E-state index contributed by atoms with van der Waals surface area (Å²) in [7, 11) is 0.